The second kappa shape index (κ2) is 5.27. The number of rotatable bonds is 5. The van der Waals surface area contributed by atoms with Crippen LogP contribution in [0.1, 0.15) is 22.8 Å². The Morgan fingerprint density at radius 1 is 1.44 bits per heavy atom. The Morgan fingerprint density at radius 2 is 2.31 bits per heavy atom. The van der Waals surface area contributed by atoms with Gasteiger partial charge in [-0.15, -0.1) is 11.3 Å². The van der Waals surface area contributed by atoms with E-state index in [4.69, 9.17) is 4.42 Å². The predicted octanol–water partition coefficient (Wildman–Crippen LogP) is 2.69. The molecule has 0 saturated carbocycles. The lowest BCUT2D eigenvalue weighted by molar-refractivity contribution is 0.499. The first-order chi connectivity index (χ1) is 7.75. The highest BCUT2D eigenvalue weighted by Crippen LogP contribution is 2.13. The van der Waals surface area contributed by atoms with Crippen molar-refractivity contribution in [2.24, 2.45) is 0 Å². The van der Waals surface area contributed by atoms with Crippen LogP contribution in [0.5, 0.6) is 0 Å². The normalized spacial score (nSPS) is 10.9. The van der Waals surface area contributed by atoms with E-state index in [-0.39, 0.29) is 0 Å². The first-order valence-electron chi connectivity index (χ1n) is 5.39. The van der Waals surface area contributed by atoms with Crippen molar-refractivity contribution in [3.05, 3.63) is 39.7 Å². The summed E-state index contributed by atoms with van der Waals surface area (Å²) in [6, 6.07) is 2.09. The molecule has 0 radical (unpaired) electrons. The molecule has 0 atom stereocenters. The molecule has 0 fully saturated rings. The van der Waals surface area contributed by atoms with Crippen LogP contribution in [0, 0.1) is 13.8 Å². The molecule has 2 heterocycles. The zero-order chi connectivity index (χ0) is 11.4. The smallest absolute Gasteiger partial charge is 0.105 e. The van der Waals surface area contributed by atoms with Crippen molar-refractivity contribution in [3.8, 4) is 0 Å². The average Bonchev–Trinajstić information content (AvgIpc) is 2.84. The van der Waals surface area contributed by atoms with Crippen LogP contribution in [0.3, 0.4) is 0 Å². The molecule has 1 N–H and O–H groups in total. The molecule has 86 valence electrons. The van der Waals surface area contributed by atoms with Gasteiger partial charge in [0, 0.05) is 30.5 Å². The monoisotopic (exact) mass is 236 g/mol. The maximum atomic E-state index is 5.47. The van der Waals surface area contributed by atoms with Gasteiger partial charge in [-0.25, -0.2) is 4.98 Å². The molecule has 0 aliphatic rings. The van der Waals surface area contributed by atoms with Gasteiger partial charge in [0.2, 0.25) is 0 Å². The lowest BCUT2D eigenvalue weighted by Gasteiger charge is -2.01. The summed E-state index contributed by atoms with van der Waals surface area (Å²) in [5.74, 6) is 1.99. The molecule has 2 aromatic rings. The Labute approximate surface area is 99.5 Å². The van der Waals surface area contributed by atoms with Crippen molar-refractivity contribution in [2.45, 2.75) is 26.8 Å². The highest BCUT2D eigenvalue weighted by atomic mass is 32.1. The van der Waals surface area contributed by atoms with Gasteiger partial charge in [-0.05, 0) is 19.9 Å². The van der Waals surface area contributed by atoms with Gasteiger partial charge in [-0.2, -0.15) is 0 Å². The molecule has 2 rings (SSSR count). The summed E-state index contributed by atoms with van der Waals surface area (Å²) in [7, 11) is 0. The molecule has 0 unspecified atom stereocenters. The van der Waals surface area contributed by atoms with Crippen LogP contribution in [0.2, 0.25) is 0 Å². The van der Waals surface area contributed by atoms with Gasteiger partial charge < -0.3 is 9.73 Å². The Bertz CT molecular complexity index is 434. The molecule has 0 amide bonds. The minimum absolute atomic E-state index is 0.868. The first-order valence-corrected chi connectivity index (χ1v) is 6.33. The maximum Gasteiger partial charge on any atom is 0.105 e. The third-order valence-corrected chi connectivity index (χ3v) is 3.14. The highest BCUT2D eigenvalue weighted by molar-refractivity contribution is 7.07. The van der Waals surface area contributed by atoms with Crippen LogP contribution in [-0.2, 0) is 13.0 Å². The van der Waals surface area contributed by atoms with E-state index in [2.05, 4.69) is 21.7 Å². The molecule has 0 spiro atoms. The summed E-state index contributed by atoms with van der Waals surface area (Å²) in [5, 5.41) is 5.49. The third kappa shape index (κ3) is 2.93. The molecule has 4 heteroatoms. The van der Waals surface area contributed by atoms with Crippen molar-refractivity contribution in [1.29, 1.82) is 0 Å². The van der Waals surface area contributed by atoms with Gasteiger partial charge in [0.1, 0.15) is 11.5 Å². The fourth-order valence-electron chi connectivity index (χ4n) is 1.66. The molecule has 0 aliphatic heterocycles. The van der Waals surface area contributed by atoms with Gasteiger partial charge >= 0.3 is 0 Å². The molecule has 0 aliphatic carbocycles. The van der Waals surface area contributed by atoms with Crippen molar-refractivity contribution in [3.63, 3.8) is 0 Å². The predicted molar refractivity (Wildman–Crippen MR) is 65.7 cm³/mol. The Hall–Kier alpha value is -1.13. The maximum absolute atomic E-state index is 5.47. The van der Waals surface area contributed by atoms with E-state index >= 15 is 0 Å². The van der Waals surface area contributed by atoms with Gasteiger partial charge in [-0.3, -0.25) is 0 Å². The Kier molecular flexibility index (Phi) is 3.74. The number of aromatic nitrogens is 1. The van der Waals surface area contributed by atoms with Crippen LogP contribution in [-0.4, -0.2) is 11.5 Å². The Morgan fingerprint density at radius 3 is 2.94 bits per heavy atom. The van der Waals surface area contributed by atoms with E-state index in [1.165, 1.54) is 5.56 Å². The van der Waals surface area contributed by atoms with Crippen molar-refractivity contribution < 1.29 is 4.42 Å². The van der Waals surface area contributed by atoms with E-state index in [0.29, 0.717) is 0 Å². The summed E-state index contributed by atoms with van der Waals surface area (Å²) in [6.07, 6.45) is 0.985. The van der Waals surface area contributed by atoms with Crippen molar-refractivity contribution in [1.82, 2.24) is 10.3 Å². The molecule has 2 aromatic heterocycles. The van der Waals surface area contributed by atoms with Crippen molar-refractivity contribution in [2.75, 3.05) is 6.54 Å². The molecule has 3 nitrogen and oxygen atoms in total. The van der Waals surface area contributed by atoms with Gasteiger partial charge in [-0.1, -0.05) is 0 Å². The second-order valence-corrected chi connectivity index (χ2v) is 4.56. The van der Waals surface area contributed by atoms with Crippen LogP contribution < -0.4 is 5.32 Å². The number of furan rings is 1. The van der Waals surface area contributed by atoms with E-state index < -0.39 is 0 Å². The van der Waals surface area contributed by atoms with E-state index in [1.54, 1.807) is 11.3 Å². The molecule has 0 saturated heterocycles. The minimum Gasteiger partial charge on any atom is -0.466 e. The molecule has 16 heavy (non-hydrogen) atoms. The summed E-state index contributed by atoms with van der Waals surface area (Å²) >= 11 is 1.65. The van der Waals surface area contributed by atoms with Crippen LogP contribution in [0.15, 0.2) is 21.4 Å². The zero-order valence-corrected chi connectivity index (χ0v) is 10.4. The third-order valence-electron chi connectivity index (χ3n) is 2.50. The van der Waals surface area contributed by atoms with Crippen LogP contribution in [0.25, 0.3) is 0 Å². The summed E-state index contributed by atoms with van der Waals surface area (Å²) in [6.45, 7) is 5.80. The number of thiazole rings is 1. The lowest BCUT2D eigenvalue weighted by atomic mass is 10.2. The standard InChI is InChI=1S/C12H16N2OS/c1-9-5-11(10(2)15-9)6-13-4-3-12-7-16-8-14-12/h5,7-8,13H,3-4,6H2,1-2H3. The average molecular weight is 236 g/mol. The van der Waals surface area contributed by atoms with Gasteiger partial charge in [0.15, 0.2) is 0 Å². The summed E-state index contributed by atoms with van der Waals surface area (Å²) < 4.78 is 5.47. The van der Waals surface area contributed by atoms with Gasteiger partial charge in [0.05, 0.1) is 11.2 Å². The molecular formula is C12H16N2OS. The summed E-state index contributed by atoms with van der Waals surface area (Å²) in [4.78, 5) is 4.24. The highest BCUT2D eigenvalue weighted by Gasteiger charge is 2.03. The number of hydrogen-bond acceptors (Lipinski definition) is 4. The quantitative estimate of drug-likeness (QED) is 0.811. The van der Waals surface area contributed by atoms with Crippen molar-refractivity contribution >= 4 is 11.3 Å². The van der Waals surface area contributed by atoms with Crippen LogP contribution in [0.4, 0.5) is 0 Å². The molecule has 0 aromatic carbocycles. The fourth-order valence-corrected chi connectivity index (χ4v) is 2.25. The summed E-state index contributed by atoms with van der Waals surface area (Å²) in [5.41, 5.74) is 4.28. The first kappa shape index (κ1) is 11.4. The second-order valence-electron chi connectivity index (χ2n) is 3.85. The Balaban J connectivity index is 1.74. The lowest BCUT2D eigenvalue weighted by Crippen LogP contribution is -2.16. The largest absolute Gasteiger partial charge is 0.466 e. The van der Waals surface area contributed by atoms with Crippen LogP contribution >= 0.6 is 11.3 Å². The van der Waals surface area contributed by atoms with E-state index in [0.717, 1.165) is 36.7 Å². The number of hydrogen-bond donors (Lipinski definition) is 1. The zero-order valence-electron chi connectivity index (χ0n) is 9.62. The molecule has 0 bridgehead atoms. The van der Waals surface area contributed by atoms with E-state index in [1.807, 2.05) is 19.4 Å². The minimum atomic E-state index is 0.868. The topological polar surface area (TPSA) is 38.1 Å². The number of nitrogens with zero attached hydrogens (tertiary/aromatic N) is 1. The molecular weight excluding hydrogens is 220 g/mol. The van der Waals surface area contributed by atoms with E-state index in [9.17, 15) is 0 Å². The fraction of sp³-hybridized carbons (Fsp3) is 0.417. The number of aryl methyl sites for hydroxylation is 2. The SMILES string of the molecule is Cc1cc(CNCCc2cscn2)c(C)o1. The van der Waals surface area contributed by atoms with Gasteiger partial charge in [0.25, 0.3) is 0 Å². The number of nitrogens with one attached hydrogen (secondary N) is 1.